The maximum Gasteiger partial charge on any atom is 0.251 e. The third-order valence-corrected chi connectivity index (χ3v) is 24.5. The van der Waals surface area contributed by atoms with Gasteiger partial charge < -0.3 is 39.1 Å². The minimum absolute atomic E-state index is 0.190. The fraction of sp³-hybridized carbons (Fsp3) is 0.780. The highest BCUT2D eigenvalue weighted by Crippen LogP contribution is 2.42. The van der Waals surface area contributed by atoms with Crippen molar-refractivity contribution in [1.29, 1.82) is 10.5 Å². The molecule has 3 rings (SSSR count). The molecule has 0 saturated carbocycles. The van der Waals surface area contributed by atoms with Gasteiger partial charge in [0.2, 0.25) is 11.5 Å². The van der Waals surface area contributed by atoms with Crippen LogP contribution in [0.25, 0.3) is 0 Å². The average Bonchev–Trinajstić information content (AvgIpc) is 0.826. The van der Waals surface area contributed by atoms with Crippen LogP contribution in [0.3, 0.4) is 0 Å². The lowest BCUT2D eigenvalue weighted by molar-refractivity contribution is 0.0944. The molecule has 0 unspecified atom stereocenters. The van der Waals surface area contributed by atoms with E-state index in [1.807, 2.05) is 36.4 Å². The maximum absolute atomic E-state index is 14.4. The highest BCUT2D eigenvalue weighted by molar-refractivity contribution is 8.02. The number of ether oxygens (including phenoxy) is 6. The number of hydrogen-bond acceptors (Lipinski definition) is 12. The Hall–Kier alpha value is -4.92. The number of rotatable bonds is 84. The SMILES string of the molecule is CCCCCCCCCCCCOc1cc(C(=O)NCCCSc2cc(C#N)c(C#N)cc2SCCCNC(=O)c2cc(OCCCCCCCCCCCC)c(OCCCCCCCCCCCC)c(OCCCCCCCCCCCC)c2)cc(OCCCCCCCCCCCC)c1OCCCCCCCCCCCC. The van der Waals surface area contributed by atoms with Crippen LogP contribution in [0.4, 0.5) is 0 Å². The molecule has 0 atom stereocenters. The van der Waals surface area contributed by atoms with Crippen molar-refractivity contribution in [2.24, 2.45) is 0 Å². The zero-order valence-corrected chi connectivity index (χ0v) is 76.0. The number of amides is 2. The Labute approximate surface area is 709 Å². The summed E-state index contributed by atoms with van der Waals surface area (Å²) in [6, 6.07) is 15.6. The first-order chi connectivity index (χ1) is 56.3. The summed E-state index contributed by atoms with van der Waals surface area (Å²) in [4.78, 5) is 30.5. The van der Waals surface area contributed by atoms with E-state index in [2.05, 4.69) is 64.3 Å². The molecule has 2 amide bonds. The quantitative estimate of drug-likeness (QED) is 0.0407. The van der Waals surface area contributed by atoms with Gasteiger partial charge in [-0.25, -0.2) is 0 Å². The van der Waals surface area contributed by atoms with Crippen LogP contribution in [0, 0.1) is 22.7 Å². The van der Waals surface area contributed by atoms with Gasteiger partial charge in [0, 0.05) is 34.0 Å². The van der Waals surface area contributed by atoms with Crippen molar-refractivity contribution in [2.75, 3.05) is 64.2 Å². The normalized spacial score (nSPS) is 11.3. The number of unbranched alkanes of at least 4 members (excludes halogenated alkanes) is 54. The molecule has 650 valence electrons. The third-order valence-electron chi connectivity index (χ3n) is 22.1. The summed E-state index contributed by atoms with van der Waals surface area (Å²) in [6.45, 7) is 17.8. The molecule has 0 fully saturated rings. The van der Waals surface area contributed by atoms with E-state index in [0.29, 0.717) is 134 Å². The zero-order chi connectivity index (χ0) is 81.7. The fourth-order valence-electron chi connectivity index (χ4n) is 14.8. The second-order valence-electron chi connectivity index (χ2n) is 32.8. The van der Waals surface area contributed by atoms with Crippen molar-refractivity contribution in [2.45, 2.75) is 449 Å². The molecule has 14 heteroatoms. The van der Waals surface area contributed by atoms with Gasteiger partial charge in [-0.2, -0.15) is 10.5 Å². The minimum atomic E-state index is -0.190. The molecule has 0 aliphatic carbocycles. The number of nitriles is 2. The first-order valence-electron chi connectivity index (χ1n) is 48.2. The summed E-state index contributed by atoms with van der Waals surface area (Å²) in [5.74, 6) is 4.50. The molecule has 12 nitrogen and oxygen atoms in total. The first-order valence-corrected chi connectivity index (χ1v) is 50.2. The molecule has 2 N–H and O–H groups in total. The Bertz CT molecular complexity index is 2570. The summed E-state index contributed by atoms with van der Waals surface area (Å²) >= 11 is 3.25. The van der Waals surface area contributed by atoms with Crippen LogP contribution in [0.1, 0.15) is 471 Å². The van der Waals surface area contributed by atoms with E-state index in [0.717, 1.165) is 86.8 Å². The summed E-state index contributed by atoms with van der Waals surface area (Å²) in [6.07, 6.45) is 75.8. The number of benzene rings is 3. The molecule has 0 radical (unpaired) electrons. The van der Waals surface area contributed by atoms with Crippen molar-refractivity contribution >= 4 is 35.3 Å². The molecule has 0 spiro atoms. The Morgan fingerprint density at radius 2 is 0.447 bits per heavy atom. The molecule has 0 aliphatic heterocycles. The highest BCUT2D eigenvalue weighted by atomic mass is 32.2. The molecule has 3 aromatic rings. The third kappa shape index (κ3) is 54.2. The standard InChI is InChI=1S/C100H170N4O8S2/c1-7-13-19-25-31-37-43-49-55-61-71-107-91-79-87(80-92(108-72-62-56-50-44-38-32-26-20-14-8-2)97(91)111-75-65-59-53-47-41-35-29-23-17-11-5)99(105)103-69-67-77-113-95-83-89(85-101)90(86-102)84-96(95)114-78-68-70-104-100(106)88-81-93(109-73-63-57-51-45-39-33-27-21-15-9-3)98(112-76-66-60-54-48-42-36-30-24-18-12-6)94(82-88)110-74-64-58-52-46-40-34-28-22-16-10-4/h79-84H,7-78H2,1-6H3,(H,103,105)(H,104,106). The van der Waals surface area contributed by atoms with E-state index in [1.165, 1.54) is 308 Å². The van der Waals surface area contributed by atoms with E-state index < -0.39 is 0 Å². The number of hydrogen-bond donors (Lipinski definition) is 2. The predicted molar refractivity (Wildman–Crippen MR) is 488 cm³/mol. The van der Waals surface area contributed by atoms with Gasteiger partial charge in [0.15, 0.2) is 23.0 Å². The molecular formula is C100H170N4O8S2. The maximum atomic E-state index is 14.4. The van der Waals surface area contributed by atoms with Crippen molar-refractivity contribution in [3.05, 3.63) is 58.7 Å². The van der Waals surface area contributed by atoms with Gasteiger partial charge in [-0.1, -0.05) is 388 Å². The van der Waals surface area contributed by atoms with Gasteiger partial charge >= 0.3 is 0 Å². The monoisotopic (exact) mass is 1620 g/mol. The van der Waals surface area contributed by atoms with E-state index in [-0.39, 0.29) is 11.8 Å². The lowest BCUT2D eigenvalue weighted by Crippen LogP contribution is -2.25. The molecule has 0 bridgehead atoms. The molecular weight excluding hydrogens is 1450 g/mol. The van der Waals surface area contributed by atoms with Crippen LogP contribution < -0.4 is 39.1 Å². The summed E-state index contributed by atoms with van der Waals surface area (Å²) in [7, 11) is 0. The average molecular weight is 1620 g/mol. The topological polar surface area (TPSA) is 161 Å². The van der Waals surface area contributed by atoms with Crippen LogP contribution in [0.5, 0.6) is 34.5 Å². The molecule has 0 heterocycles. The van der Waals surface area contributed by atoms with Crippen LogP contribution in [0.15, 0.2) is 46.2 Å². The zero-order valence-electron chi connectivity index (χ0n) is 74.4. The van der Waals surface area contributed by atoms with Crippen LogP contribution in [-0.2, 0) is 0 Å². The Morgan fingerprint density at radius 1 is 0.263 bits per heavy atom. The highest BCUT2D eigenvalue weighted by Gasteiger charge is 2.22. The lowest BCUT2D eigenvalue weighted by Gasteiger charge is -2.19. The molecule has 3 aromatic carbocycles. The Morgan fingerprint density at radius 3 is 0.640 bits per heavy atom. The van der Waals surface area contributed by atoms with E-state index in [9.17, 15) is 20.1 Å². The summed E-state index contributed by atoms with van der Waals surface area (Å²) in [5.41, 5.74) is 1.66. The second kappa shape index (κ2) is 76.7. The lowest BCUT2D eigenvalue weighted by atomic mass is 10.1. The van der Waals surface area contributed by atoms with Crippen LogP contribution in [-0.4, -0.2) is 76.1 Å². The van der Waals surface area contributed by atoms with E-state index in [4.69, 9.17) is 28.4 Å². The molecule has 0 aliphatic rings. The predicted octanol–water partition coefficient (Wildman–Crippen LogP) is 31.1. The Balaban J connectivity index is 1.77. The van der Waals surface area contributed by atoms with Crippen molar-refractivity contribution in [3.8, 4) is 46.6 Å². The van der Waals surface area contributed by atoms with Gasteiger partial charge in [0.1, 0.15) is 12.1 Å². The number of nitrogens with zero attached hydrogens (tertiary/aromatic N) is 2. The number of carbonyl (C=O) groups is 2. The minimum Gasteiger partial charge on any atom is -0.490 e. The van der Waals surface area contributed by atoms with Gasteiger partial charge in [-0.3, -0.25) is 9.59 Å². The second-order valence-corrected chi connectivity index (χ2v) is 35.0. The molecule has 0 saturated heterocycles. The summed E-state index contributed by atoms with van der Waals surface area (Å²) in [5, 5.41) is 26.8. The number of nitrogens with one attached hydrogen (secondary N) is 2. The van der Waals surface area contributed by atoms with Crippen molar-refractivity contribution in [1.82, 2.24) is 10.6 Å². The van der Waals surface area contributed by atoms with Gasteiger partial charge in [0.05, 0.1) is 50.8 Å². The molecule has 0 aromatic heterocycles. The van der Waals surface area contributed by atoms with Crippen molar-refractivity contribution < 1.29 is 38.0 Å². The number of thioether (sulfide) groups is 2. The smallest absolute Gasteiger partial charge is 0.251 e. The van der Waals surface area contributed by atoms with E-state index >= 15 is 0 Å². The van der Waals surface area contributed by atoms with E-state index in [1.54, 1.807) is 23.5 Å². The van der Waals surface area contributed by atoms with Crippen molar-refractivity contribution in [3.63, 3.8) is 0 Å². The van der Waals surface area contributed by atoms with Crippen LogP contribution in [0.2, 0.25) is 0 Å². The van der Waals surface area contributed by atoms with Gasteiger partial charge in [-0.05, 0) is 99.3 Å². The molecule has 114 heavy (non-hydrogen) atoms. The largest absolute Gasteiger partial charge is 0.490 e. The first kappa shape index (κ1) is 103. The van der Waals surface area contributed by atoms with Gasteiger partial charge in [-0.15, -0.1) is 23.5 Å². The number of carbonyl (C=O) groups excluding carboxylic acids is 2. The Kier molecular flexibility index (Phi) is 69.5. The fourth-order valence-corrected chi connectivity index (χ4v) is 17.0. The van der Waals surface area contributed by atoms with Crippen LogP contribution >= 0.6 is 23.5 Å². The van der Waals surface area contributed by atoms with Gasteiger partial charge in [0.25, 0.3) is 11.8 Å². The summed E-state index contributed by atoms with van der Waals surface area (Å²) < 4.78 is 39.9.